The second kappa shape index (κ2) is 6.67. The zero-order valence-corrected chi connectivity index (χ0v) is 11.6. The summed E-state index contributed by atoms with van der Waals surface area (Å²) < 4.78 is 0. The molecule has 4 heteroatoms. The summed E-state index contributed by atoms with van der Waals surface area (Å²) in [6.07, 6.45) is 3.78. The summed E-state index contributed by atoms with van der Waals surface area (Å²) in [5.41, 5.74) is 5.11. The summed E-state index contributed by atoms with van der Waals surface area (Å²) in [4.78, 5) is 1.07. The standard InChI is InChI=1S/C14H19N3S/c1-2-18-14-8-6-7-13(12(14)11-15)16-17-9-4-3-5-10-17/h6-8,16H,2-5,9-10H2,1H3. The zero-order valence-electron chi connectivity index (χ0n) is 10.8. The van der Waals surface area contributed by atoms with Gasteiger partial charge in [0.1, 0.15) is 6.07 Å². The molecule has 0 radical (unpaired) electrons. The molecule has 1 N–H and O–H groups in total. The van der Waals surface area contributed by atoms with Crippen LogP contribution >= 0.6 is 11.8 Å². The molecule has 0 atom stereocenters. The van der Waals surface area contributed by atoms with Crippen LogP contribution in [0.15, 0.2) is 23.1 Å². The fraction of sp³-hybridized carbons (Fsp3) is 0.500. The Morgan fingerprint density at radius 3 is 2.78 bits per heavy atom. The normalized spacial score (nSPS) is 16.2. The van der Waals surface area contributed by atoms with Gasteiger partial charge in [0.05, 0.1) is 11.3 Å². The molecule has 96 valence electrons. The molecule has 0 saturated carbocycles. The molecule has 1 aliphatic rings. The van der Waals surface area contributed by atoms with E-state index in [2.05, 4.69) is 23.4 Å². The summed E-state index contributed by atoms with van der Waals surface area (Å²) in [7, 11) is 0. The molecule has 2 rings (SSSR count). The summed E-state index contributed by atoms with van der Waals surface area (Å²) in [5, 5.41) is 11.6. The Morgan fingerprint density at radius 2 is 2.11 bits per heavy atom. The predicted molar refractivity (Wildman–Crippen MR) is 76.6 cm³/mol. The molecule has 0 aromatic heterocycles. The van der Waals surface area contributed by atoms with Crippen LogP contribution in [0.25, 0.3) is 0 Å². The molecule has 1 aromatic carbocycles. The molecule has 1 aromatic rings. The number of nitrogens with one attached hydrogen (secondary N) is 1. The monoisotopic (exact) mass is 261 g/mol. The molecule has 1 aliphatic heterocycles. The lowest BCUT2D eigenvalue weighted by atomic mass is 10.1. The molecular weight excluding hydrogens is 242 g/mol. The third kappa shape index (κ3) is 3.18. The van der Waals surface area contributed by atoms with Crippen LogP contribution < -0.4 is 5.43 Å². The highest BCUT2D eigenvalue weighted by molar-refractivity contribution is 7.99. The van der Waals surface area contributed by atoms with Crippen LogP contribution in [0.2, 0.25) is 0 Å². The fourth-order valence-electron chi connectivity index (χ4n) is 2.19. The van der Waals surface area contributed by atoms with E-state index in [4.69, 9.17) is 0 Å². The number of hydrogen-bond donors (Lipinski definition) is 1. The number of nitriles is 1. The number of nitrogens with zero attached hydrogens (tertiary/aromatic N) is 2. The van der Waals surface area contributed by atoms with Crippen LogP contribution in [0, 0.1) is 11.3 Å². The van der Waals surface area contributed by atoms with E-state index in [1.54, 1.807) is 11.8 Å². The topological polar surface area (TPSA) is 39.1 Å². The maximum atomic E-state index is 9.33. The Bertz CT molecular complexity index is 433. The maximum absolute atomic E-state index is 9.33. The van der Waals surface area contributed by atoms with E-state index in [-0.39, 0.29) is 0 Å². The molecule has 1 heterocycles. The van der Waals surface area contributed by atoms with Crippen LogP contribution in [-0.2, 0) is 0 Å². The summed E-state index contributed by atoms with van der Waals surface area (Å²) in [6.45, 7) is 4.24. The number of thioether (sulfide) groups is 1. The minimum Gasteiger partial charge on any atom is -0.317 e. The third-order valence-electron chi connectivity index (χ3n) is 3.07. The predicted octanol–water partition coefficient (Wildman–Crippen LogP) is 3.48. The van der Waals surface area contributed by atoms with Gasteiger partial charge in [-0.3, -0.25) is 0 Å². The highest BCUT2D eigenvalue weighted by Gasteiger charge is 2.13. The van der Waals surface area contributed by atoms with E-state index in [1.807, 2.05) is 18.2 Å². The molecule has 0 amide bonds. The first kappa shape index (κ1) is 13.3. The Hall–Kier alpha value is -1.18. The lowest BCUT2D eigenvalue weighted by Gasteiger charge is -2.28. The van der Waals surface area contributed by atoms with Crippen molar-refractivity contribution in [1.82, 2.24) is 5.01 Å². The number of hydrazine groups is 1. The average Bonchev–Trinajstić information content (AvgIpc) is 2.41. The van der Waals surface area contributed by atoms with Crippen molar-refractivity contribution in [3.8, 4) is 6.07 Å². The van der Waals surface area contributed by atoms with Crippen molar-refractivity contribution in [3.63, 3.8) is 0 Å². The number of rotatable bonds is 4. The molecule has 0 spiro atoms. The second-order valence-corrected chi connectivity index (χ2v) is 5.69. The van der Waals surface area contributed by atoms with Gasteiger partial charge in [0.25, 0.3) is 0 Å². The molecule has 0 bridgehead atoms. The largest absolute Gasteiger partial charge is 0.317 e. The van der Waals surface area contributed by atoms with Gasteiger partial charge in [-0.25, -0.2) is 5.01 Å². The van der Waals surface area contributed by atoms with Crippen molar-refractivity contribution >= 4 is 17.4 Å². The summed E-state index contributed by atoms with van der Waals surface area (Å²) >= 11 is 1.72. The smallest absolute Gasteiger partial charge is 0.103 e. The lowest BCUT2D eigenvalue weighted by molar-refractivity contribution is 0.273. The second-order valence-electron chi connectivity index (χ2n) is 4.38. The van der Waals surface area contributed by atoms with Crippen molar-refractivity contribution in [2.24, 2.45) is 0 Å². The van der Waals surface area contributed by atoms with Crippen LogP contribution in [0.1, 0.15) is 31.7 Å². The SMILES string of the molecule is CCSc1cccc(NN2CCCCC2)c1C#N. The molecule has 1 saturated heterocycles. The Labute approximate surface area is 113 Å². The van der Waals surface area contributed by atoms with Crippen LogP contribution in [0.5, 0.6) is 0 Å². The van der Waals surface area contributed by atoms with E-state index in [0.29, 0.717) is 0 Å². The number of benzene rings is 1. The quantitative estimate of drug-likeness (QED) is 0.842. The van der Waals surface area contributed by atoms with Crippen LogP contribution in [0.3, 0.4) is 0 Å². The first-order valence-electron chi connectivity index (χ1n) is 6.52. The van der Waals surface area contributed by atoms with Gasteiger partial charge in [-0.1, -0.05) is 19.4 Å². The number of anilines is 1. The van der Waals surface area contributed by atoms with Gasteiger partial charge in [-0.2, -0.15) is 5.26 Å². The van der Waals surface area contributed by atoms with E-state index in [1.165, 1.54) is 19.3 Å². The molecule has 18 heavy (non-hydrogen) atoms. The van der Waals surface area contributed by atoms with E-state index < -0.39 is 0 Å². The van der Waals surface area contributed by atoms with Gasteiger partial charge in [0, 0.05) is 18.0 Å². The van der Waals surface area contributed by atoms with Crippen molar-refractivity contribution < 1.29 is 0 Å². The molecular formula is C14H19N3S. The lowest BCUT2D eigenvalue weighted by Crippen LogP contribution is -2.35. The fourth-order valence-corrected chi connectivity index (χ4v) is 2.98. The number of hydrogen-bond acceptors (Lipinski definition) is 4. The van der Waals surface area contributed by atoms with Gasteiger partial charge in [0.15, 0.2) is 0 Å². The zero-order chi connectivity index (χ0) is 12.8. The minimum atomic E-state index is 0.773. The van der Waals surface area contributed by atoms with Crippen molar-refractivity contribution in [2.75, 3.05) is 24.3 Å². The van der Waals surface area contributed by atoms with Gasteiger partial charge in [-0.05, 0) is 30.7 Å². The minimum absolute atomic E-state index is 0.773. The van der Waals surface area contributed by atoms with E-state index in [0.717, 1.165) is 35.0 Å². The molecule has 3 nitrogen and oxygen atoms in total. The third-order valence-corrected chi connectivity index (χ3v) is 4.01. The van der Waals surface area contributed by atoms with E-state index >= 15 is 0 Å². The van der Waals surface area contributed by atoms with Crippen molar-refractivity contribution in [3.05, 3.63) is 23.8 Å². The van der Waals surface area contributed by atoms with Crippen LogP contribution in [0.4, 0.5) is 5.69 Å². The van der Waals surface area contributed by atoms with Crippen molar-refractivity contribution in [2.45, 2.75) is 31.1 Å². The van der Waals surface area contributed by atoms with Gasteiger partial charge < -0.3 is 5.43 Å². The van der Waals surface area contributed by atoms with Crippen molar-refractivity contribution in [1.29, 1.82) is 5.26 Å². The van der Waals surface area contributed by atoms with Crippen LogP contribution in [-0.4, -0.2) is 23.9 Å². The van der Waals surface area contributed by atoms with Gasteiger partial charge >= 0.3 is 0 Å². The first-order chi connectivity index (χ1) is 8.85. The van der Waals surface area contributed by atoms with E-state index in [9.17, 15) is 5.26 Å². The molecule has 1 fully saturated rings. The highest BCUT2D eigenvalue weighted by atomic mass is 32.2. The first-order valence-corrected chi connectivity index (χ1v) is 7.51. The Balaban J connectivity index is 2.16. The summed E-state index contributed by atoms with van der Waals surface area (Å²) in [6, 6.07) is 8.36. The number of piperidine rings is 1. The highest BCUT2D eigenvalue weighted by Crippen LogP contribution is 2.28. The van der Waals surface area contributed by atoms with Gasteiger partial charge in [-0.15, -0.1) is 11.8 Å². The van der Waals surface area contributed by atoms with Gasteiger partial charge in [0.2, 0.25) is 0 Å². The maximum Gasteiger partial charge on any atom is 0.103 e. The Kier molecular flexibility index (Phi) is 4.91. The average molecular weight is 261 g/mol. The Morgan fingerprint density at radius 1 is 1.33 bits per heavy atom. The summed E-state index contributed by atoms with van der Waals surface area (Å²) in [5.74, 6) is 0.988. The molecule has 0 aliphatic carbocycles. The molecule has 0 unspecified atom stereocenters.